The molecule has 6 heteroatoms. The third kappa shape index (κ3) is 6.11. The van der Waals surface area contributed by atoms with E-state index in [1.807, 2.05) is 10.8 Å². The molecule has 0 bridgehead atoms. The zero-order valence-corrected chi connectivity index (χ0v) is 23.5. The smallest absolute Gasteiger partial charge is 0.273 e. The van der Waals surface area contributed by atoms with Crippen LogP contribution in [-0.2, 0) is 17.3 Å². The number of rotatable bonds is 6. The number of amides is 1. The zero-order chi connectivity index (χ0) is 26.1. The first-order chi connectivity index (χ1) is 16.9. The molecule has 1 aromatic carbocycles. The highest BCUT2D eigenvalue weighted by Crippen LogP contribution is 2.35. The Morgan fingerprint density at radius 3 is 2.22 bits per heavy atom. The highest BCUT2D eigenvalue weighted by atomic mass is 35.5. The minimum atomic E-state index is -0.237. The van der Waals surface area contributed by atoms with Crippen molar-refractivity contribution < 1.29 is 4.79 Å². The summed E-state index contributed by atoms with van der Waals surface area (Å²) in [6, 6.07) is 6.73. The minimum Gasteiger partial charge on any atom is -0.347 e. The molecule has 1 aliphatic heterocycles. The number of nitrogens with zero attached hydrogens (tertiary/aromatic N) is 3. The van der Waals surface area contributed by atoms with Crippen molar-refractivity contribution in [1.29, 1.82) is 0 Å². The molecule has 2 aromatic rings. The van der Waals surface area contributed by atoms with Gasteiger partial charge in [0.1, 0.15) is 0 Å². The molecule has 36 heavy (non-hydrogen) atoms. The number of aliphatic imine (C=N–C) groups is 1. The van der Waals surface area contributed by atoms with E-state index in [0.717, 1.165) is 23.4 Å². The van der Waals surface area contributed by atoms with E-state index in [4.69, 9.17) is 16.7 Å². The van der Waals surface area contributed by atoms with Crippen molar-refractivity contribution in [2.75, 3.05) is 13.1 Å². The quantitative estimate of drug-likeness (QED) is 0.457. The van der Waals surface area contributed by atoms with Crippen LogP contribution >= 0.6 is 11.6 Å². The van der Waals surface area contributed by atoms with Gasteiger partial charge in [-0.3, -0.25) is 9.79 Å². The van der Waals surface area contributed by atoms with Gasteiger partial charge in [0.15, 0.2) is 5.69 Å². The van der Waals surface area contributed by atoms with E-state index in [1.165, 1.54) is 43.2 Å². The van der Waals surface area contributed by atoms with Crippen LogP contribution in [0.3, 0.4) is 0 Å². The summed E-state index contributed by atoms with van der Waals surface area (Å²) in [7, 11) is 0. The van der Waals surface area contributed by atoms with E-state index >= 15 is 0 Å². The Balaban J connectivity index is 1.77. The van der Waals surface area contributed by atoms with Gasteiger partial charge in [-0.2, -0.15) is 5.10 Å². The van der Waals surface area contributed by atoms with Gasteiger partial charge < -0.3 is 5.32 Å². The maximum atomic E-state index is 13.2. The van der Waals surface area contributed by atoms with Gasteiger partial charge >= 0.3 is 0 Å². The molecular weight excluding hydrogens is 468 g/mol. The maximum Gasteiger partial charge on any atom is 0.273 e. The fourth-order valence-corrected chi connectivity index (χ4v) is 5.29. The van der Waals surface area contributed by atoms with Crippen molar-refractivity contribution in [3.05, 3.63) is 57.4 Å². The Morgan fingerprint density at radius 1 is 1.03 bits per heavy atom. The molecule has 1 N–H and O–H groups in total. The van der Waals surface area contributed by atoms with E-state index in [0.29, 0.717) is 29.7 Å². The van der Waals surface area contributed by atoms with Gasteiger partial charge in [-0.05, 0) is 58.1 Å². The van der Waals surface area contributed by atoms with Crippen LogP contribution in [0.15, 0.2) is 34.8 Å². The molecule has 1 aromatic heterocycles. The molecule has 0 atom stereocenters. The highest BCUT2D eigenvalue weighted by Gasteiger charge is 2.28. The molecule has 1 fully saturated rings. The van der Waals surface area contributed by atoms with Gasteiger partial charge in [-0.25, -0.2) is 4.68 Å². The highest BCUT2D eigenvalue weighted by molar-refractivity contribution is 6.34. The number of halogens is 1. The fourth-order valence-electron chi connectivity index (χ4n) is 5.01. The van der Waals surface area contributed by atoms with E-state index < -0.39 is 0 Å². The van der Waals surface area contributed by atoms with E-state index in [9.17, 15) is 4.79 Å². The van der Waals surface area contributed by atoms with Gasteiger partial charge in [-0.1, -0.05) is 91.3 Å². The van der Waals surface area contributed by atoms with Gasteiger partial charge in [0, 0.05) is 12.8 Å². The summed E-state index contributed by atoms with van der Waals surface area (Å²) in [4.78, 5) is 17.4. The second kappa shape index (κ2) is 10.5. The Morgan fingerprint density at radius 2 is 1.67 bits per heavy atom. The SMILES string of the molecule is CC(C)(C)c1cc(-n2nc(C(=O)NCC3=CC=NC3)c(Cl)c2CC2CCCCC2)cc(C(C)(C)C)c1. The lowest BCUT2D eigenvalue weighted by molar-refractivity contribution is 0.0951. The van der Waals surface area contributed by atoms with Gasteiger partial charge in [0.05, 0.1) is 22.9 Å². The molecule has 0 unspecified atom stereocenters. The van der Waals surface area contributed by atoms with Gasteiger partial charge in [0.25, 0.3) is 5.91 Å². The molecule has 4 rings (SSSR count). The largest absolute Gasteiger partial charge is 0.347 e. The summed E-state index contributed by atoms with van der Waals surface area (Å²) < 4.78 is 1.95. The lowest BCUT2D eigenvalue weighted by Crippen LogP contribution is -2.26. The number of hydrogen-bond donors (Lipinski definition) is 1. The second-order valence-corrected chi connectivity index (χ2v) is 12.9. The summed E-state index contributed by atoms with van der Waals surface area (Å²) in [5, 5.41) is 8.34. The molecule has 2 heterocycles. The normalized spacial score (nSPS) is 16.9. The van der Waals surface area contributed by atoms with Crippen LogP contribution in [0.2, 0.25) is 5.02 Å². The molecule has 0 spiro atoms. The monoisotopic (exact) mass is 508 g/mol. The Hall–Kier alpha value is -2.40. The molecule has 0 radical (unpaired) electrons. The molecule has 2 aliphatic rings. The van der Waals surface area contributed by atoms with E-state index in [2.05, 4.69) is 70.1 Å². The molecule has 1 saturated carbocycles. The van der Waals surface area contributed by atoms with Crippen molar-refractivity contribution in [3.8, 4) is 5.69 Å². The number of carbonyl (C=O) groups excluding carboxylic acids is 1. The average Bonchev–Trinajstić information content (AvgIpc) is 3.45. The third-order valence-corrected chi connectivity index (χ3v) is 7.82. The first-order valence-electron chi connectivity index (χ1n) is 13.3. The van der Waals surface area contributed by atoms with Gasteiger partial charge in [0.2, 0.25) is 0 Å². The number of hydrogen-bond acceptors (Lipinski definition) is 3. The number of carbonyl (C=O) groups is 1. The standard InChI is InChI=1S/C30H41ClN4O/c1-29(2,3)22-15-23(30(4,5)6)17-24(16-22)35-25(14-20-10-8-7-9-11-20)26(31)27(34-35)28(36)33-19-21-12-13-32-18-21/h12-13,15-17,20H,7-11,14,18-19H2,1-6H3,(H,33,36). The predicted molar refractivity (Wildman–Crippen MR) is 150 cm³/mol. The second-order valence-electron chi connectivity index (χ2n) is 12.5. The van der Waals surface area contributed by atoms with Crippen LogP contribution in [-0.4, -0.2) is 35.0 Å². The zero-order valence-electron chi connectivity index (χ0n) is 22.7. The molecular formula is C30H41ClN4O. The van der Waals surface area contributed by atoms with Gasteiger partial charge in [-0.15, -0.1) is 0 Å². The maximum absolute atomic E-state index is 13.2. The third-order valence-electron chi connectivity index (χ3n) is 7.42. The first-order valence-corrected chi connectivity index (χ1v) is 13.7. The summed E-state index contributed by atoms with van der Waals surface area (Å²) in [5.74, 6) is 0.329. The number of benzene rings is 1. The van der Waals surface area contributed by atoms with Crippen LogP contribution < -0.4 is 5.32 Å². The molecule has 1 amide bonds. The summed E-state index contributed by atoms with van der Waals surface area (Å²) in [6.07, 6.45) is 10.8. The number of allylic oxidation sites excluding steroid dienone is 1. The lowest BCUT2D eigenvalue weighted by atomic mass is 9.80. The molecule has 194 valence electrons. The van der Waals surface area contributed by atoms with Crippen molar-refractivity contribution >= 4 is 23.7 Å². The van der Waals surface area contributed by atoms with Crippen LogP contribution in [0.1, 0.15) is 101 Å². The predicted octanol–water partition coefficient (Wildman–Crippen LogP) is 6.98. The number of aromatic nitrogens is 2. The lowest BCUT2D eigenvalue weighted by Gasteiger charge is -2.27. The Bertz CT molecular complexity index is 1140. The summed E-state index contributed by atoms with van der Waals surface area (Å²) in [6.45, 7) is 14.5. The van der Waals surface area contributed by atoms with Crippen LogP contribution in [0.4, 0.5) is 0 Å². The summed E-state index contributed by atoms with van der Waals surface area (Å²) in [5.41, 5.74) is 5.77. The molecule has 1 aliphatic carbocycles. The van der Waals surface area contributed by atoms with E-state index in [-0.39, 0.29) is 16.7 Å². The van der Waals surface area contributed by atoms with Crippen molar-refractivity contribution in [2.45, 2.75) is 90.9 Å². The first kappa shape index (κ1) is 26.7. The van der Waals surface area contributed by atoms with Crippen LogP contribution in [0.5, 0.6) is 0 Å². The summed E-state index contributed by atoms with van der Waals surface area (Å²) >= 11 is 6.96. The minimum absolute atomic E-state index is 0.0201. The van der Waals surface area contributed by atoms with E-state index in [1.54, 1.807) is 6.21 Å². The Labute approximate surface area is 221 Å². The van der Waals surface area contributed by atoms with Crippen LogP contribution in [0.25, 0.3) is 5.69 Å². The topological polar surface area (TPSA) is 59.3 Å². The Kier molecular flexibility index (Phi) is 7.80. The fraction of sp³-hybridized carbons (Fsp3) is 0.567. The average molecular weight is 509 g/mol. The van der Waals surface area contributed by atoms with Crippen molar-refractivity contribution in [1.82, 2.24) is 15.1 Å². The molecule has 0 saturated heterocycles. The molecule has 5 nitrogen and oxygen atoms in total. The van der Waals surface area contributed by atoms with Crippen molar-refractivity contribution in [3.63, 3.8) is 0 Å². The van der Waals surface area contributed by atoms with Crippen molar-refractivity contribution in [2.24, 2.45) is 10.9 Å². The number of nitrogens with one attached hydrogen (secondary N) is 1. The van der Waals surface area contributed by atoms with Crippen LogP contribution in [0, 0.1) is 5.92 Å².